The number of carbonyl (C=O) groups is 4. The molecule has 2 atom stereocenters. The lowest BCUT2D eigenvalue weighted by Crippen LogP contribution is -2.45. The molecule has 2 spiro atoms. The van der Waals surface area contributed by atoms with Gasteiger partial charge in [-0.25, -0.2) is 0 Å². The molecule has 1 N–H and O–H groups in total. The SMILES string of the molecule is COc1ccc(CN2C(=O)CC3(CCN(CCOc4cc5cc(C(=O)N6C[C@H]7CC78C6=CC(=O)c6ccccc68)[nH]c5cc4OC)CC3)C2=O)cc1. The van der Waals surface area contributed by atoms with Crippen molar-refractivity contribution in [3.05, 3.63) is 101 Å². The molecule has 11 nitrogen and oxygen atoms in total. The van der Waals surface area contributed by atoms with Crippen molar-refractivity contribution >= 4 is 34.4 Å². The number of fused-ring (bicyclic) bond motifs is 2. The molecule has 5 aliphatic rings. The molecule has 9 rings (SSSR count). The summed E-state index contributed by atoms with van der Waals surface area (Å²) in [7, 11) is 3.19. The Kier molecular flexibility index (Phi) is 7.55. The number of hydrogen-bond acceptors (Lipinski definition) is 8. The molecule has 3 aliphatic heterocycles. The number of nitrogens with zero attached hydrogens (tertiary/aromatic N) is 3. The highest BCUT2D eigenvalue weighted by Gasteiger charge is 2.67. The minimum Gasteiger partial charge on any atom is -0.497 e. The second-order valence-corrected chi connectivity index (χ2v) is 14.8. The Labute approximate surface area is 301 Å². The van der Waals surface area contributed by atoms with Crippen LogP contribution >= 0.6 is 0 Å². The molecule has 1 unspecified atom stereocenters. The lowest BCUT2D eigenvalue weighted by atomic mass is 9.77. The number of aromatic nitrogens is 1. The smallest absolute Gasteiger partial charge is 0.274 e. The predicted octanol–water partition coefficient (Wildman–Crippen LogP) is 5.10. The van der Waals surface area contributed by atoms with E-state index >= 15 is 0 Å². The highest BCUT2D eigenvalue weighted by molar-refractivity contribution is 6.10. The first-order chi connectivity index (χ1) is 25.2. The Morgan fingerprint density at radius 3 is 2.50 bits per heavy atom. The van der Waals surface area contributed by atoms with Crippen molar-refractivity contribution in [2.75, 3.05) is 47.0 Å². The summed E-state index contributed by atoms with van der Waals surface area (Å²) in [5.74, 6) is 1.79. The number of amides is 3. The van der Waals surface area contributed by atoms with Gasteiger partial charge in [-0.15, -0.1) is 0 Å². The summed E-state index contributed by atoms with van der Waals surface area (Å²) in [4.78, 5) is 62.2. The number of nitrogens with one attached hydrogen (secondary N) is 1. The fourth-order valence-corrected chi connectivity index (χ4v) is 9.07. The van der Waals surface area contributed by atoms with Gasteiger partial charge in [0.1, 0.15) is 18.1 Å². The molecule has 3 saturated heterocycles. The molecule has 52 heavy (non-hydrogen) atoms. The van der Waals surface area contributed by atoms with Crippen molar-refractivity contribution in [3.63, 3.8) is 0 Å². The van der Waals surface area contributed by atoms with E-state index in [1.54, 1.807) is 25.2 Å². The third-order valence-corrected chi connectivity index (χ3v) is 12.0. The standard InChI is InChI=1S/C41H40N4O7/c1-50-28-9-7-25(8-10-28)23-45-37(47)22-40(39(45)49)11-13-43(14-12-40)15-16-52-35-18-26-17-32(42-31(26)19-34(35)51-2)38(48)44-24-27-21-41(27)30-6-4-3-5-29(30)33(46)20-36(41)44/h3-10,17-20,27,42H,11-16,21-24H2,1-2H3/t27-,41?/m1/s1. The molecule has 1 aromatic heterocycles. The van der Waals surface area contributed by atoms with E-state index in [0.717, 1.165) is 45.5 Å². The van der Waals surface area contributed by atoms with E-state index in [-0.39, 0.29) is 41.9 Å². The van der Waals surface area contributed by atoms with Crippen molar-refractivity contribution in [1.82, 2.24) is 19.7 Å². The summed E-state index contributed by atoms with van der Waals surface area (Å²) >= 11 is 0. The highest BCUT2D eigenvalue weighted by atomic mass is 16.5. The maximum absolute atomic E-state index is 13.9. The number of piperidine rings is 2. The summed E-state index contributed by atoms with van der Waals surface area (Å²) in [5, 5.41) is 0.820. The number of H-pyrrole nitrogens is 1. The van der Waals surface area contributed by atoms with E-state index in [4.69, 9.17) is 14.2 Å². The van der Waals surface area contributed by atoms with Crippen LogP contribution in [-0.4, -0.2) is 90.2 Å². The number of likely N-dealkylation sites (tertiary alicyclic amines) is 3. The summed E-state index contributed by atoms with van der Waals surface area (Å²) < 4.78 is 17.1. The summed E-state index contributed by atoms with van der Waals surface area (Å²) in [5.41, 5.74) is 3.81. The number of hydrogen-bond donors (Lipinski definition) is 1. The molecule has 0 bridgehead atoms. The second-order valence-electron chi connectivity index (χ2n) is 14.8. The number of allylic oxidation sites excluding steroid dienone is 2. The van der Waals surface area contributed by atoms with Crippen LogP contribution in [0.25, 0.3) is 10.9 Å². The number of benzene rings is 3. The Hall–Kier alpha value is -5.42. The lowest BCUT2D eigenvalue weighted by Gasteiger charge is -2.37. The molecule has 3 amide bonds. The Morgan fingerprint density at radius 2 is 1.73 bits per heavy atom. The number of rotatable bonds is 9. The molecule has 3 aromatic carbocycles. The molecule has 2 aliphatic carbocycles. The van der Waals surface area contributed by atoms with Crippen LogP contribution in [0.3, 0.4) is 0 Å². The normalized spacial score (nSPS) is 23.1. The lowest BCUT2D eigenvalue weighted by molar-refractivity contribution is -0.143. The highest BCUT2D eigenvalue weighted by Crippen LogP contribution is 2.66. The van der Waals surface area contributed by atoms with Gasteiger partial charge < -0.3 is 24.1 Å². The largest absolute Gasteiger partial charge is 0.497 e. The monoisotopic (exact) mass is 700 g/mol. The first-order valence-corrected chi connectivity index (χ1v) is 17.9. The second kappa shape index (κ2) is 12.1. The maximum Gasteiger partial charge on any atom is 0.274 e. The fraction of sp³-hybridized carbons (Fsp3) is 0.366. The van der Waals surface area contributed by atoms with Crippen molar-refractivity contribution in [2.45, 2.75) is 37.6 Å². The quantitative estimate of drug-likeness (QED) is 0.240. The number of aromatic amines is 1. The van der Waals surface area contributed by atoms with E-state index in [2.05, 4.69) is 9.88 Å². The zero-order valence-electron chi connectivity index (χ0n) is 29.3. The number of ether oxygens (including phenoxy) is 3. The van der Waals surface area contributed by atoms with Gasteiger partial charge in [0.25, 0.3) is 5.91 Å². The van der Waals surface area contributed by atoms with Crippen molar-refractivity contribution in [1.29, 1.82) is 0 Å². The van der Waals surface area contributed by atoms with Crippen LogP contribution in [0.5, 0.6) is 17.2 Å². The topological polar surface area (TPSA) is 121 Å². The Morgan fingerprint density at radius 1 is 0.942 bits per heavy atom. The molecule has 266 valence electrons. The van der Waals surface area contributed by atoms with Gasteiger partial charge in [0, 0.05) is 59.2 Å². The third-order valence-electron chi connectivity index (χ3n) is 12.0. The summed E-state index contributed by atoms with van der Waals surface area (Å²) in [6.45, 7) is 3.32. The molecular weight excluding hydrogens is 660 g/mol. The maximum atomic E-state index is 13.9. The van der Waals surface area contributed by atoms with E-state index in [1.807, 2.05) is 66.7 Å². The minimum atomic E-state index is -0.637. The van der Waals surface area contributed by atoms with Gasteiger partial charge >= 0.3 is 0 Å². The van der Waals surface area contributed by atoms with Gasteiger partial charge in [-0.05, 0) is 73.7 Å². The van der Waals surface area contributed by atoms with Crippen LogP contribution in [0.15, 0.2) is 78.5 Å². The van der Waals surface area contributed by atoms with E-state index in [9.17, 15) is 19.2 Å². The molecule has 4 fully saturated rings. The van der Waals surface area contributed by atoms with Crippen molar-refractivity contribution in [2.24, 2.45) is 11.3 Å². The van der Waals surface area contributed by atoms with Crippen LogP contribution in [0.4, 0.5) is 0 Å². The van der Waals surface area contributed by atoms with E-state index < -0.39 is 5.41 Å². The zero-order chi connectivity index (χ0) is 35.8. The number of imide groups is 1. The van der Waals surface area contributed by atoms with E-state index in [1.165, 1.54) is 4.90 Å². The Balaban J connectivity index is 0.830. The third kappa shape index (κ3) is 5.04. The molecule has 4 aromatic rings. The van der Waals surface area contributed by atoms with Gasteiger partial charge in [-0.3, -0.25) is 29.0 Å². The predicted molar refractivity (Wildman–Crippen MR) is 191 cm³/mol. The molecule has 0 radical (unpaired) electrons. The van der Waals surface area contributed by atoms with Crippen molar-refractivity contribution in [3.8, 4) is 17.2 Å². The van der Waals surface area contributed by atoms with Crippen LogP contribution < -0.4 is 14.2 Å². The molecule has 1 saturated carbocycles. The number of ketones is 1. The first kappa shape index (κ1) is 32.5. The average Bonchev–Trinajstić information content (AvgIpc) is 3.44. The van der Waals surface area contributed by atoms with E-state index in [0.29, 0.717) is 68.7 Å². The summed E-state index contributed by atoms with van der Waals surface area (Å²) in [6, 6.07) is 20.8. The average molecular weight is 701 g/mol. The number of methoxy groups -OCH3 is 2. The van der Waals surface area contributed by atoms with Gasteiger partial charge in [-0.2, -0.15) is 0 Å². The molecule has 4 heterocycles. The van der Waals surface area contributed by atoms with Gasteiger partial charge in [-0.1, -0.05) is 36.4 Å². The van der Waals surface area contributed by atoms with Crippen molar-refractivity contribution < 1.29 is 33.4 Å². The molecular formula is C41H40N4O7. The molecule has 11 heteroatoms. The number of carbonyl (C=O) groups excluding carboxylic acids is 4. The van der Waals surface area contributed by atoms with Crippen LogP contribution in [0, 0.1) is 11.3 Å². The van der Waals surface area contributed by atoms with Crippen LogP contribution in [0.2, 0.25) is 0 Å². The van der Waals surface area contributed by atoms with Gasteiger partial charge in [0.05, 0.1) is 26.2 Å². The zero-order valence-corrected chi connectivity index (χ0v) is 29.3. The fourth-order valence-electron chi connectivity index (χ4n) is 9.07. The Bertz CT molecular complexity index is 2180. The first-order valence-electron chi connectivity index (χ1n) is 17.9. The van der Waals surface area contributed by atoms with Crippen LogP contribution in [0.1, 0.15) is 57.7 Å². The summed E-state index contributed by atoms with van der Waals surface area (Å²) in [6.07, 6.45) is 4.13. The minimum absolute atomic E-state index is 0.0525. The van der Waals surface area contributed by atoms with Gasteiger partial charge in [0.2, 0.25) is 11.8 Å². The van der Waals surface area contributed by atoms with Crippen LogP contribution in [-0.2, 0) is 21.5 Å². The van der Waals surface area contributed by atoms with Gasteiger partial charge in [0.15, 0.2) is 17.3 Å².